The van der Waals surface area contributed by atoms with Crippen LogP contribution < -0.4 is 5.32 Å². The van der Waals surface area contributed by atoms with Crippen molar-refractivity contribution in [2.24, 2.45) is 0 Å². The van der Waals surface area contributed by atoms with E-state index in [0.29, 0.717) is 33.8 Å². The average Bonchev–Trinajstić information content (AvgIpc) is 3.29. The first-order chi connectivity index (χ1) is 13.1. The highest BCUT2D eigenvalue weighted by molar-refractivity contribution is 7.10. The smallest absolute Gasteiger partial charge is 0.226 e. The molecule has 0 radical (unpaired) electrons. The number of thiophene rings is 1. The molecule has 0 saturated carbocycles. The molecule has 1 aromatic carbocycles. The number of anilines is 1. The van der Waals surface area contributed by atoms with Crippen LogP contribution in [-0.2, 0) is 4.79 Å². The zero-order valence-electron chi connectivity index (χ0n) is 14.1. The van der Waals surface area contributed by atoms with Crippen LogP contribution in [0.4, 0.5) is 5.95 Å². The Morgan fingerprint density at radius 2 is 2.11 bits per heavy atom. The Labute approximate surface area is 169 Å². The largest absolute Gasteiger partial charge is 0.328 e. The molecule has 3 heterocycles. The van der Waals surface area contributed by atoms with Crippen LogP contribution in [0, 0.1) is 0 Å². The van der Waals surface area contributed by atoms with Gasteiger partial charge >= 0.3 is 0 Å². The summed E-state index contributed by atoms with van der Waals surface area (Å²) < 4.78 is 1.80. The molecule has 1 atom stereocenters. The predicted octanol–water partition coefficient (Wildman–Crippen LogP) is 5.34. The molecule has 8 heteroatoms. The zero-order chi connectivity index (χ0) is 18.5. The Morgan fingerprint density at radius 3 is 2.89 bits per heavy atom. The number of halogens is 2. The monoisotopic (exact) mass is 416 g/mol. The lowest BCUT2D eigenvalue weighted by atomic mass is 9.88. The van der Waals surface area contributed by atoms with Gasteiger partial charge in [0, 0.05) is 33.2 Å². The lowest BCUT2D eigenvalue weighted by Crippen LogP contribution is -2.31. The van der Waals surface area contributed by atoms with Gasteiger partial charge in [0.05, 0.1) is 5.02 Å². The molecule has 5 nitrogen and oxygen atoms in total. The molecule has 1 aliphatic carbocycles. The minimum Gasteiger partial charge on any atom is -0.328 e. The quantitative estimate of drug-likeness (QED) is 0.612. The predicted molar refractivity (Wildman–Crippen MR) is 107 cm³/mol. The van der Waals surface area contributed by atoms with Crippen molar-refractivity contribution in [3.05, 3.63) is 61.9 Å². The summed E-state index contributed by atoms with van der Waals surface area (Å²) in [6.45, 7) is 0. The maximum atomic E-state index is 12.7. The van der Waals surface area contributed by atoms with Gasteiger partial charge in [0.2, 0.25) is 5.95 Å². The summed E-state index contributed by atoms with van der Waals surface area (Å²) in [5.74, 6) is 1.31. The van der Waals surface area contributed by atoms with Gasteiger partial charge in [-0.15, -0.1) is 16.4 Å². The summed E-state index contributed by atoms with van der Waals surface area (Å²) >= 11 is 14.0. The third-order valence-electron chi connectivity index (χ3n) is 4.85. The van der Waals surface area contributed by atoms with Gasteiger partial charge in [-0.1, -0.05) is 29.3 Å². The Bertz CT molecular complexity index is 1090. The normalized spacial score (nSPS) is 18.9. The molecule has 1 aliphatic heterocycles. The second-order valence-electron chi connectivity index (χ2n) is 6.54. The number of nitrogens with one attached hydrogen (secondary N) is 1. The summed E-state index contributed by atoms with van der Waals surface area (Å²) in [7, 11) is 0. The Balaban J connectivity index is 1.67. The zero-order valence-corrected chi connectivity index (χ0v) is 16.4. The number of carbonyl (C=O) groups is 1. The van der Waals surface area contributed by atoms with Gasteiger partial charge in [-0.2, -0.15) is 4.98 Å². The fourth-order valence-electron chi connectivity index (χ4n) is 3.65. The molecule has 3 aromatic rings. The van der Waals surface area contributed by atoms with Crippen LogP contribution >= 0.6 is 34.5 Å². The maximum Gasteiger partial charge on any atom is 0.226 e. The Kier molecular flexibility index (Phi) is 4.07. The molecular weight excluding hydrogens is 403 g/mol. The van der Waals surface area contributed by atoms with E-state index in [0.717, 1.165) is 29.0 Å². The highest BCUT2D eigenvalue weighted by atomic mass is 35.5. The van der Waals surface area contributed by atoms with Gasteiger partial charge in [-0.05, 0) is 42.5 Å². The summed E-state index contributed by atoms with van der Waals surface area (Å²) in [5.41, 5.74) is 2.46. The molecule has 0 amide bonds. The number of carbonyl (C=O) groups excluding carboxylic acids is 1. The molecule has 1 N–H and O–H groups in total. The van der Waals surface area contributed by atoms with Gasteiger partial charge in [-0.3, -0.25) is 4.79 Å². The summed E-state index contributed by atoms with van der Waals surface area (Å²) in [6.07, 6.45) is 2.26. The van der Waals surface area contributed by atoms with E-state index in [1.165, 1.54) is 0 Å². The number of allylic oxidation sites excluding steroid dienone is 2. The third-order valence-corrected chi connectivity index (χ3v) is 6.33. The van der Waals surface area contributed by atoms with Crippen molar-refractivity contribution < 1.29 is 4.79 Å². The number of nitrogens with zero attached hydrogens (tertiary/aromatic N) is 3. The number of fused-ring (bicyclic) bond motifs is 1. The SMILES string of the molecule is O=C1CCCC2=C1C(c1cccs1)n1nc(-c3ccc(Cl)cc3Cl)nc1N2. The fraction of sp³-hybridized carbons (Fsp3) is 0.211. The van der Waals surface area contributed by atoms with E-state index in [1.54, 1.807) is 28.2 Å². The Morgan fingerprint density at radius 1 is 1.22 bits per heavy atom. The van der Waals surface area contributed by atoms with Crippen molar-refractivity contribution in [3.8, 4) is 11.4 Å². The Hall–Kier alpha value is -2.15. The molecule has 0 saturated heterocycles. The van der Waals surface area contributed by atoms with Gasteiger partial charge < -0.3 is 5.32 Å². The number of rotatable bonds is 2. The fourth-order valence-corrected chi connectivity index (χ4v) is 4.96. The summed E-state index contributed by atoms with van der Waals surface area (Å²) in [6, 6.07) is 9.02. The number of ketones is 1. The summed E-state index contributed by atoms with van der Waals surface area (Å²) in [4.78, 5) is 18.5. The number of Topliss-reactive ketones (excluding diaryl/α,β-unsaturated/α-hetero) is 1. The van der Waals surface area contributed by atoms with Gasteiger partial charge in [0.1, 0.15) is 6.04 Å². The van der Waals surface area contributed by atoms with Crippen molar-refractivity contribution >= 4 is 46.3 Å². The van der Waals surface area contributed by atoms with Crippen LogP contribution in [-0.4, -0.2) is 20.5 Å². The number of hydrogen-bond acceptors (Lipinski definition) is 5. The molecule has 2 aromatic heterocycles. The summed E-state index contributed by atoms with van der Waals surface area (Å²) in [5, 5.41) is 11.1. The van der Waals surface area contributed by atoms with Gasteiger partial charge in [0.15, 0.2) is 11.6 Å². The van der Waals surface area contributed by atoms with Crippen LogP contribution in [0.2, 0.25) is 10.0 Å². The highest BCUT2D eigenvalue weighted by Crippen LogP contribution is 2.42. The van der Waals surface area contributed by atoms with Crippen molar-refractivity contribution in [2.45, 2.75) is 25.3 Å². The van der Waals surface area contributed by atoms with Crippen LogP contribution in [0.3, 0.4) is 0 Å². The van der Waals surface area contributed by atoms with Crippen molar-refractivity contribution in [3.63, 3.8) is 0 Å². The average molecular weight is 417 g/mol. The molecular formula is C19H14Cl2N4OS. The first-order valence-corrected chi connectivity index (χ1v) is 10.2. The number of hydrogen-bond donors (Lipinski definition) is 1. The number of aromatic nitrogens is 3. The molecule has 27 heavy (non-hydrogen) atoms. The molecule has 0 bridgehead atoms. The second-order valence-corrected chi connectivity index (χ2v) is 8.36. The topological polar surface area (TPSA) is 59.8 Å². The molecule has 2 aliphatic rings. The highest BCUT2D eigenvalue weighted by Gasteiger charge is 2.37. The van der Waals surface area contributed by atoms with E-state index in [9.17, 15) is 4.79 Å². The molecule has 136 valence electrons. The van der Waals surface area contributed by atoms with E-state index >= 15 is 0 Å². The maximum absolute atomic E-state index is 12.7. The van der Waals surface area contributed by atoms with E-state index in [2.05, 4.69) is 10.3 Å². The molecule has 0 fully saturated rings. The van der Waals surface area contributed by atoms with E-state index in [4.69, 9.17) is 28.3 Å². The van der Waals surface area contributed by atoms with Crippen molar-refractivity contribution in [2.75, 3.05) is 5.32 Å². The van der Waals surface area contributed by atoms with Crippen LogP contribution in [0.15, 0.2) is 47.0 Å². The standard InChI is InChI=1S/C19H14Cl2N4OS/c20-10-6-7-11(12(21)9-10)18-23-19-22-13-3-1-4-14(26)16(13)17(25(19)24-18)15-5-2-8-27-15/h2,5-9,17H,1,3-4H2,(H,22,23,24). The van der Waals surface area contributed by atoms with Crippen molar-refractivity contribution in [1.82, 2.24) is 14.8 Å². The lowest BCUT2D eigenvalue weighted by molar-refractivity contribution is -0.116. The second kappa shape index (κ2) is 6.48. The number of benzene rings is 1. The molecule has 1 unspecified atom stereocenters. The first kappa shape index (κ1) is 17.0. The molecule has 0 spiro atoms. The first-order valence-electron chi connectivity index (χ1n) is 8.60. The van der Waals surface area contributed by atoms with E-state index in [1.807, 2.05) is 23.6 Å². The van der Waals surface area contributed by atoms with Gasteiger partial charge in [0.25, 0.3) is 0 Å². The third kappa shape index (κ3) is 2.79. The van der Waals surface area contributed by atoms with Gasteiger partial charge in [-0.25, -0.2) is 4.68 Å². The van der Waals surface area contributed by atoms with E-state index < -0.39 is 0 Å². The van der Waals surface area contributed by atoms with Crippen LogP contribution in [0.25, 0.3) is 11.4 Å². The minimum atomic E-state index is -0.253. The van der Waals surface area contributed by atoms with Crippen LogP contribution in [0.5, 0.6) is 0 Å². The molecule has 5 rings (SSSR count). The van der Waals surface area contributed by atoms with Crippen LogP contribution in [0.1, 0.15) is 30.2 Å². The van der Waals surface area contributed by atoms with E-state index in [-0.39, 0.29) is 11.8 Å². The van der Waals surface area contributed by atoms with Crippen molar-refractivity contribution in [1.29, 1.82) is 0 Å². The minimum absolute atomic E-state index is 0.175. The lowest BCUT2D eigenvalue weighted by Gasteiger charge is -2.31.